The van der Waals surface area contributed by atoms with Crippen LogP contribution in [-0.4, -0.2) is 18.3 Å². The molecule has 1 aromatic carbocycles. The van der Waals surface area contributed by atoms with Crippen molar-refractivity contribution < 1.29 is 13.9 Å². The second-order valence-electron chi connectivity index (χ2n) is 4.20. The average molecular weight is 229 g/mol. The maximum absolute atomic E-state index is 12.9. The van der Waals surface area contributed by atoms with Crippen molar-refractivity contribution in [2.24, 2.45) is 11.8 Å². The molecule has 0 aromatic heterocycles. The van der Waals surface area contributed by atoms with Gasteiger partial charge in [0.1, 0.15) is 0 Å². The van der Waals surface area contributed by atoms with Gasteiger partial charge in [0.25, 0.3) is 0 Å². The third kappa shape index (κ3) is 3.45. The number of aliphatic hydroxyl groups excluding tert-OH is 1. The van der Waals surface area contributed by atoms with Crippen LogP contribution in [0.1, 0.15) is 13.8 Å². The van der Waals surface area contributed by atoms with Crippen molar-refractivity contribution in [3.63, 3.8) is 0 Å². The van der Waals surface area contributed by atoms with E-state index in [1.165, 1.54) is 6.07 Å². The van der Waals surface area contributed by atoms with Crippen molar-refractivity contribution in [3.8, 4) is 0 Å². The van der Waals surface area contributed by atoms with E-state index in [9.17, 15) is 8.78 Å². The number of anilines is 1. The van der Waals surface area contributed by atoms with Gasteiger partial charge in [-0.05, 0) is 24.1 Å². The largest absolute Gasteiger partial charge is 0.396 e. The van der Waals surface area contributed by atoms with Crippen LogP contribution in [0.3, 0.4) is 0 Å². The van der Waals surface area contributed by atoms with E-state index in [2.05, 4.69) is 5.32 Å². The average Bonchev–Trinajstić information content (AvgIpc) is 2.23. The second kappa shape index (κ2) is 5.80. The van der Waals surface area contributed by atoms with E-state index < -0.39 is 11.6 Å². The lowest BCUT2D eigenvalue weighted by molar-refractivity contribution is 0.198. The summed E-state index contributed by atoms with van der Waals surface area (Å²) in [4.78, 5) is 0. The maximum Gasteiger partial charge on any atom is 0.160 e. The number of aliphatic hydroxyl groups is 1. The first-order valence-electron chi connectivity index (χ1n) is 5.34. The Labute approximate surface area is 94.3 Å². The molecule has 0 radical (unpaired) electrons. The molecule has 0 aliphatic rings. The number of hydrogen-bond donors (Lipinski definition) is 2. The summed E-state index contributed by atoms with van der Waals surface area (Å²) >= 11 is 0. The summed E-state index contributed by atoms with van der Waals surface area (Å²) in [7, 11) is 0. The topological polar surface area (TPSA) is 32.3 Å². The predicted octanol–water partition coefficient (Wildman–Crippen LogP) is 2.64. The molecule has 2 N–H and O–H groups in total. The summed E-state index contributed by atoms with van der Waals surface area (Å²) in [5.74, 6) is -1.28. The highest BCUT2D eigenvalue weighted by Gasteiger charge is 2.12. The van der Waals surface area contributed by atoms with Gasteiger partial charge in [0.05, 0.1) is 0 Å². The van der Waals surface area contributed by atoms with E-state index >= 15 is 0 Å². The zero-order valence-electron chi connectivity index (χ0n) is 9.50. The summed E-state index contributed by atoms with van der Waals surface area (Å²) < 4.78 is 25.5. The molecular weight excluding hydrogens is 212 g/mol. The van der Waals surface area contributed by atoms with Gasteiger partial charge in [-0.15, -0.1) is 0 Å². The van der Waals surface area contributed by atoms with Crippen LogP contribution in [0, 0.1) is 23.5 Å². The van der Waals surface area contributed by atoms with Crippen molar-refractivity contribution >= 4 is 5.69 Å². The van der Waals surface area contributed by atoms with E-state index in [0.29, 0.717) is 18.2 Å². The Morgan fingerprint density at radius 2 is 1.94 bits per heavy atom. The first-order chi connectivity index (χ1) is 7.54. The predicted molar refractivity (Wildman–Crippen MR) is 60.3 cm³/mol. The highest BCUT2D eigenvalue weighted by Crippen LogP contribution is 2.15. The highest BCUT2D eigenvalue weighted by molar-refractivity contribution is 5.43. The first kappa shape index (κ1) is 12.9. The molecule has 0 aliphatic carbocycles. The lowest BCUT2D eigenvalue weighted by atomic mass is 9.97. The normalized spacial score (nSPS) is 12.9. The minimum absolute atomic E-state index is 0.0777. The van der Waals surface area contributed by atoms with Crippen molar-refractivity contribution in [2.45, 2.75) is 13.8 Å². The Balaban J connectivity index is 2.57. The first-order valence-corrected chi connectivity index (χ1v) is 5.34. The number of benzene rings is 1. The maximum atomic E-state index is 12.9. The second-order valence-corrected chi connectivity index (χ2v) is 4.20. The molecule has 0 bridgehead atoms. The fourth-order valence-electron chi connectivity index (χ4n) is 1.37. The summed E-state index contributed by atoms with van der Waals surface area (Å²) in [6.07, 6.45) is 0. The van der Waals surface area contributed by atoms with E-state index in [4.69, 9.17) is 5.11 Å². The summed E-state index contributed by atoms with van der Waals surface area (Å²) in [6, 6.07) is 3.68. The SMILES string of the molecule is CC(C)C(CO)CNc1ccc(F)c(F)c1. The van der Waals surface area contributed by atoms with Crippen LogP contribution >= 0.6 is 0 Å². The van der Waals surface area contributed by atoms with Gasteiger partial charge in [0.2, 0.25) is 0 Å². The fraction of sp³-hybridized carbons (Fsp3) is 0.500. The quantitative estimate of drug-likeness (QED) is 0.813. The van der Waals surface area contributed by atoms with Crippen LogP contribution in [0.25, 0.3) is 0 Å². The zero-order valence-corrected chi connectivity index (χ0v) is 9.50. The molecule has 0 saturated heterocycles. The molecular formula is C12H17F2NO. The van der Waals surface area contributed by atoms with Crippen molar-refractivity contribution in [3.05, 3.63) is 29.8 Å². The fourth-order valence-corrected chi connectivity index (χ4v) is 1.37. The van der Waals surface area contributed by atoms with Crippen molar-refractivity contribution in [1.29, 1.82) is 0 Å². The molecule has 1 aromatic rings. The smallest absolute Gasteiger partial charge is 0.160 e. The molecule has 4 heteroatoms. The highest BCUT2D eigenvalue weighted by atomic mass is 19.2. The Morgan fingerprint density at radius 1 is 1.25 bits per heavy atom. The minimum atomic E-state index is -0.866. The molecule has 16 heavy (non-hydrogen) atoms. The van der Waals surface area contributed by atoms with Crippen LogP contribution in [-0.2, 0) is 0 Å². The molecule has 0 aliphatic heterocycles. The van der Waals surface area contributed by atoms with E-state index in [0.717, 1.165) is 12.1 Å². The number of hydrogen-bond acceptors (Lipinski definition) is 2. The van der Waals surface area contributed by atoms with E-state index in [1.807, 2.05) is 13.8 Å². The van der Waals surface area contributed by atoms with Gasteiger partial charge in [-0.25, -0.2) is 8.78 Å². The van der Waals surface area contributed by atoms with Gasteiger partial charge in [-0.1, -0.05) is 13.8 Å². The monoisotopic (exact) mass is 229 g/mol. The third-order valence-corrected chi connectivity index (χ3v) is 2.67. The van der Waals surface area contributed by atoms with Gasteiger partial charge in [-0.3, -0.25) is 0 Å². The number of nitrogens with one attached hydrogen (secondary N) is 1. The molecule has 90 valence electrons. The Morgan fingerprint density at radius 3 is 2.44 bits per heavy atom. The molecule has 1 unspecified atom stereocenters. The van der Waals surface area contributed by atoms with Gasteiger partial charge in [0, 0.05) is 24.8 Å². The van der Waals surface area contributed by atoms with Crippen LogP contribution in [0.4, 0.5) is 14.5 Å². The van der Waals surface area contributed by atoms with Crippen LogP contribution in [0.2, 0.25) is 0 Å². The lowest BCUT2D eigenvalue weighted by Crippen LogP contribution is -2.23. The molecule has 1 atom stereocenters. The van der Waals surface area contributed by atoms with Crippen molar-refractivity contribution in [2.75, 3.05) is 18.5 Å². The van der Waals surface area contributed by atoms with E-state index in [1.54, 1.807) is 0 Å². The van der Waals surface area contributed by atoms with Crippen LogP contribution in [0.5, 0.6) is 0 Å². The van der Waals surface area contributed by atoms with Gasteiger partial charge in [-0.2, -0.15) is 0 Å². The summed E-state index contributed by atoms with van der Waals surface area (Å²) in [5, 5.41) is 12.1. The van der Waals surface area contributed by atoms with E-state index in [-0.39, 0.29) is 12.5 Å². The summed E-state index contributed by atoms with van der Waals surface area (Å²) in [6.45, 7) is 4.63. The Hall–Kier alpha value is -1.16. The molecule has 2 nitrogen and oxygen atoms in total. The number of rotatable bonds is 5. The Bertz CT molecular complexity index is 342. The molecule has 1 rings (SSSR count). The van der Waals surface area contributed by atoms with Gasteiger partial charge >= 0.3 is 0 Å². The molecule has 0 fully saturated rings. The third-order valence-electron chi connectivity index (χ3n) is 2.67. The van der Waals surface area contributed by atoms with Crippen LogP contribution in [0.15, 0.2) is 18.2 Å². The molecule has 0 saturated carbocycles. The summed E-state index contributed by atoms with van der Waals surface area (Å²) in [5.41, 5.74) is 0.526. The van der Waals surface area contributed by atoms with Crippen LogP contribution < -0.4 is 5.32 Å². The van der Waals surface area contributed by atoms with Crippen molar-refractivity contribution in [1.82, 2.24) is 0 Å². The van der Waals surface area contributed by atoms with Gasteiger partial charge in [0.15, 0.2) is 11.6 Å². The van der Waals surface area contributed by atoms with Gasteiger partial charge < -0.3 is 10.4 Å². The Kier molecular flexibility index (Phi) is 4.68. The number of halogens is 2. The molecule has 0 heterocycles. The lowest BCUT2D eigenvalue weighted by Gasteiger charge is -2.19. The minimum Gasteiger partial charge on any atom is -0.396 e. The zero-order chi connectivity index (χ0) is 12.1. The standard InChI is InChI=1S/C12H17F2NO/c1-8(2)9(7-16)6-15-10-3-4-11(13)12(14)5-10/h3-5,8-9,15-16H,6-7H2,1-2H3. The molecule has 0 spiro atoms. The molecule has 0 amide bonds.